The molecule has 0 aliphatic heterocycles. The molecule has 106 valence electrons. The molecule has 0 saturated heterocycles. The van der Waals surface area contributed by atoms with E-state index in [2.05, 4.69) is 15.5 Å². The predicted molar refractivity (Wildman–Crippen MR) is 78.7 cm³/mol. The van der Waals surface area contributed by atoms with Crippen LogP contribution in [0.4, 0.5) is 10.1 Å². The standard InChI is InChI=1S/C14H11ClFN5/c1-8-2-4-11(16)13(6-8)21-14(18-19-20-21)10-7-9(15)3-5-12(10)17/h2-7H,17H2,1H3. The number of nitrogens with two attached hydrogens (primary N) is 1. The highest BCUT2D eigenvalue weighted by molar-refractivity contribution is 6.31. The van der Waals surface area contributed by atoms with Crippen molar-refractivity contribution in [1.82, 2.24) is 20.2 Å². The third-order valence-electron chi connectivity index (χ3n) is 3.06. The maximum atomic E-state index is 14.0. The quantitative estimate of drug-likeness (QED) is 0.739. The Kier molecular flexibility index (Phi) is 3.31. The molecule has 3 aromatic rings. The van der Waals surface area contributed by atoms with Gasteiger partial charge in [0.2, 0.25) is 0 Å². The molecule has 0 radical (unpaired) electrons. The van der Waals surface area contributed by atoms with Crippen molar-refractivity contribution >= 4 is 17.3 Å². The molecule has 0 aliphatic carbocycles. The molecule has 2 N–H and O–H groups in total. The van der Waals surface area contributed by atoms with Crippen molar-refractivity contribution < 1.29 is 4.39 Å². The highest BCUT2D eigenvalue weighted by Crippen LogP contribution is 2.29. The third kappa shape index (κ3) is 2.45. The molecule has 0 atom stereocenters. The van der Waals surface area contributed by atoms with Crippen LogP contribution in [0.25, 0.3) is 17.1 Å². The lowest BCUT2D eigenvalue weighted by molar-refractivity contribution is 0.607. The lowest BCUT2D eigenvalue weighted by atomic mass is 10.1. The molecule has 0 amide bonds. The Balaban J connectivity index is 2.22. The molecule has 0 fully saturated rings. The van der Waals surface area contributed by atoms with Crippen molar-refractivity contribution in [3.63, 3.8) is 0 Å². The van der Waals surface area contributed by atoms with Crippen LogP contribution in [0.2, 0.25) is 5.02 Å². The van der Waals surface area contributed by atoms with Crippen LogP contribution in [0.5, 0.6) is 0 Å². The SMILES string of the molecule is Cc1ccc(F)c(-n2nnnc2-c2cc(Cl)ccc2N)c1. The minimum Gasteiger partial charge on any atom is -0.398 e. The number of hydrogen-bond acceptors (Lipinski definition) is 4. The van der Waals surface area contributed by atoms with E-state index in [0.29, 0.717) is 22.1 Å². The molecule has 1 heterocycles. The first-order valence-corrected chi connectivity index (χ1v) is 6.54. The minimum atomic E-state index is -0.422. The first kappa shape index (κ1) is 13.5. The number of anilines is 1. The van der Waals surface area contributed by atoms with E-state index >= 15 is 0 Å². The molecule has 1 aromatic heterocycles. The van der Waals surface area contributed by atoms with Crippen molar-refractivity contribution in [2.75, 3.05) is 5.73 Å². The molecule has 0 aliphatic rings. The predicted octanol–water partition coefficient (Wildman–Crippen LogP) is 3.01. The van der Waals surface area contributed by atoms with Gasteiger partial charge in [-0.15, -0.1) is 5.10 Å². The molecule has 2 aromatic carbocycles. The Morgan fingerprint density at radius 2 is 2.00 bits per heavy atom. The number of nitrogen functional groups attached to an aromatic ring is 1. The van der Waals surface area contributed by atoms with Crippen LogP contribution < -0.4 is 5.73 Å². The number of tetrazole rings is 1. The van der Waals surface area contributed by atoms with E-state index in [1.807, 2.05) is 6.92 Å². The summed E-state index contributed by atoms with van der Waals surface area (Å²) < 4.78 is 15.3. The Labute approximate surface area is 125 Å². The topological polar surface area (TPSA) is 69.6 Å². The molecule has 0 bridgehead atoms. The van der Waals surface area contributed by atoms with Crippen LogP contribution in [-0.2, 0) is 0 Å². The summed E-state index contributed by atoms with van der Waals surface area (Å²) in [5.74, 6) is -0.0887. The maximum Gasteiger partial charge on any atom is 0.189 e. The fraction of sp³-hybridized carbons (Fsp3) is 0.0714. The number of rotatable bonds is 2. The van der Waals surface area contributed by atoms with E-state index in [4.69, 9.17) is 17.3 Å². The summed E-state index contributed by atoms with van der Waals surface area (Å²) >= 11 is 5.98. The van der Waals surface area contributed by atoms with Gasteiger partial charge < -0.3 is 5.73 Å². The van der Waals surface area contributed by atoms with Gasteiger partial charge in [0.15, 0.2) is 5.82 Å². The van der Waals surface area contributed by atoms with E-state index in [1.165, 1.54) is 10.7 Å². The van der Waals surface area contributed by atoms with Gasteiger partial charge in [0, 0.05) is 16.3 Å². The van der Waals surface area contributed by atoms with Crippen LogP contribution in [-0.4, -0.2) is 20.2 Å². The molecule has 21 heavy (non-hydrogen) atoms. The zero-order valence-electron chi connectivity index (χ0n) is 11.1. The first-order valence-electron chi connectivity index (χ1n) is 6.16. The average molecular weight is 304 g/mol. The monoisotopic (exact) mass is 303 g/mol. The second-order valence-electron chi connectivity index (χ2n) is 4.60. The van der Waals surface area contributed by atoms with E-state index in [-0.39, 0.29) is 5.69 Å². The fourth-order valence-electron chi connectivity index (χ4n) is 2.02. The Hall–Kier alpha value is -2.47. The Morgan fingerprint density at radius 1 is 1.19 bits per heavy atom. The zero-order valence-corrected chi connectivity index (χ0v) is 11.8. The smallest absolute Gasteiger partial charge is 0.189 e. The fourth-order valence-corrected chi connectivity index (χ4v) is 2.20. The summed E-state index contributed by atoms with van der Waals surface area (Å²) in [4.78, 5) is 0. The van der Waals surface area contributed by atoms with Gasteiger partial charge in [0.1, 0.15) is 11.5 Å². The summed E-state index contributed by atoms with van der Waals surface area (Å²) in [7, 11) is 0. The summed E-state index contributed by atoms with van der Waals surface area (Å²) in [6, 6.07) is 9.68. The van der Waals surface area contributed by atoms with Crippen molar-refractivity contribution in [1.29, 1.82) is 0 Å². The number of nitrogens with zero attached hydrogens (tertiary/aromatic N) is 4. The largest absolute Gasteiger partial charge is 0.398 e. The highest BCUT2D eigenvalue weighted by Gasteiger charge is 2.16. The summed E-state index contributed by atoms with van der Waals surface area (Å²) in [6.07, 6.45) is 0. The van der Waals surface area contributed by atoms with Crippen molar-refractivity contribution in [3.8, 4) is 17.1 Å². The molecule has 3 rings (SSSR count). The lowest BCUT2D eigenvalue weighted by Gasteiger charge is -2.09. The number of benzene rings is 2. The van der Waals surface area contributed by atoms with Gasteiger partial charge in [0.05, 0.1) is 0 Å². The summed E-state index contributed by atoms with van der Waals surface area (Å²) in [5.41, 5.74) is 8.10. The van der Waals surface area contributed by atoms with E-state index in [9.17, 15) is 4.39 Å². The van der Waals surface area contributed by atoms with E-state index in [0.717, 1.165) is 5.56 Å². The van der Waals surface area contributed by atoms with Crippen LogP contribution in [0.3, 0.4) is 0 Å². The normalized spacial score (nSPS) is 10.8. The van der Waals surface area contributed by atoms with Crippen LogP contribution in [0, 0.1) is 12.7 Å². The van der Waals surface area contributed by atoms with Crippen molar-refractivity contribution in [2.24, 2.45) is 0 Å². The Morgan fingerprint density at radius 3 is 2.81 bits per heavy atom. The lowest BCUT2D eigenvalue weighted by Crippen LogP contribution is -2.04. The van der Waals surface area contributed by atoms with Gasteiger partial charge in [0.25, 0.3) is 0 Å². The number of aromatic nitrogens is 4. The van der Waals surface area contributed by atoms with Gasteiger partial charge in [-0.25, -0.2) is 4.39 Å². The molecule has 0 saturated carbocycles. The van der Waals surface area contributed by atoms with Crippen molar-refractivity contribution in [3.05, 3.63) is 52.8 Å². The minimum absolute atomic E-state index is 0.259. The number of hydrogen-bond donors (Lipinski definition) is 1. The van der Waals surface area contributed by atoms with Gasteiger partial charge in [-0.2, -0.15) is 4.68 Å². The summed E-state index contributed by atoms with van der Waals surface area (Å²) in [6.45, 7) is 1.86. The second kappa shape index (κ2) is 5.14. The van der Waals surface area contributed by atoms with Crippen LogP contribution in [0.15, 0.2) is 36.4 Å². The molecule has 7 heteroatoms. The maximum absolute atomic E-state index is 14.0. The first-order chi connectivity index (χ1) is 10.1. The zero-order chi connectivity index (χ0) is 15.0. The molecule has 0 unspecified atom stereocenters. The highest BCUT2D eigenvalue weighted by atomic mass is 35.5. The van der Waals surface area contributed by atoms with Crippen molar-refractivity contribution in [2.45, 2.75) is 6.92 Å². The number of halogens is 2. The molecular weight excluding hydrogens is 293 g/mol. The molecule has 0 spiro atoms. The number of aryl methyl sites for hydroxylation is 1. The second-order valence-corrected chi connectivity index (χ2v) is 5.04. The molecule has 5 nitrogen and oxygen atoms in total. The van der Waals surface area contributed by atoms with Gasteiger partial charge >= 0.3 is 0 Å². The van der Waals surface area contributed by atoms with Crippen LogP contribution >= 0.6 is 11.6 Å². The van der Waals surface area contributed by atoms with Gasteiger partial charge in [-0.05, 0) is 53.2 Å². The van der Waals surface area contributed by atoms with E-state index < -0.39 is 5.82 Å². The Bertz CT molecular complexity index is 749. The molecular formula is C14H11ClFN5. The average Bonchev–Trinajstić information content (AvgIpc) is 2.93. The van der Waals surface area contributed by atoms with Crippen LogP contribution in [0.1, 0.15) is 5.56 Å². The van der Waals surface area contributed by atoms with E-state index in [1.54, 1.807) is 30.3 Å². The third-order valence-corrected chi connectivity index (χ3v) is 3.29. The summed E-state index contributed by atoms with van der Waals surface area (Å²) in [5, 5.41) is 11.9. The van der Waals surface area contributed by atoms with Gasteiger partial charge in [-0.3, -0.25) is 0 Å². The van der Waals surface area contributed by atoms with Gasteiger partial charge in [-0.1, -0.05) is 17.7 Å².